The van der Waals surface area contributed by atoms with E-state index in [1.807, 2.05) is 0 Å². The lowest BCUT2D eigenvalue weighted by Crippen LogP contribution is -2.43. The lowest BCUT2D eigenvalue weighted by Gasteiger charge is -2.27. The Morgan fingerprint density at radius 2 is 2.08 bits per heavy atom. The highest BCUT2D eigenvalue weighted by molar-refractivity contribution is 5.88. The fraction of sp³-hybridized carbons (Fsp3) is 0.500. The van der Waals surface area contributed by atoms with Gasteiger partial charge >= 0.3 is 11.9 Å². The molecule has 2 N–H and O–H groups in total. The summed E-state index contributed by atoms with van der Waals surface area (Å²) in [4.78, 5) is 35.0. The van der Waals surface area contributed by atoms with Crippen LogP contribution in [-0.4, -0.2) is 41.7 Å². The molecule has 1 aromatic rings. The van der Waals surface area contributed by atoms with Gasteiger partial charge in [0.25, 0.3) is 0 Å². The van der Waals surface area contributed by atoms with Crippen molar-refractivity contribution < 1.29 is 29.0 Å². The molecule has 134 valence electrons. The molecule has 0 unspecified atom stereocenters. The summed E-state index contributed by atoms with van der Waals surface area (Å²) in [5.74, 6) is -1.51. The molecule has 0 radical (unpaired) electrons. The number of amides is 1. The zero-order valence-corrected chi connectivity index (χ0v) is 13.8. The minimum absolute atomic E-state index is 0.132. The molecule has 1 spiro atoms. The van der Waals surface area contributed by atoms with Crippen LogP contribution in [0.5, 0.6) is 5.75 Å². The summed E-state index contributed by atoms with van der Waals surface area (Å²) in [6, 6.07) is 6.17. The predicted octanol–water partition coefficient (Wildman–Crippen LogP) is 1.76. The van der Waals surface area contributed by atoms with Gasteiger partial charge in [-0.1, -0.05) is 6.07 Å². The summed E-state index contributed by atoms with van der Waals surface area (Å²) in [6.07, 6.45) is 3.57. The molecule has 1 saturated heterocycles. The Morgan fingerprint density at radius 1 is 1.32 bits per heavy atom. The predicted molar refractivity (Wildman–Crippen MR) is 87.3 cm³/mol. The molecule has 2 fully saturated rings. The van der Waals surface area contributed by atoms with Crippen LogP contribution in [0.25, 0.3) is 0 Å². The molecule has 7 nitrogen and oxygen atoms in total. The zero-order chi connectivity index (χ0) is 17.9. The number of hydrogen-bond acceptors (Lipinski definition) is 5. The Morgan fingerprint density at radius 3 is 2.80 bits per heavy atom. The van der Waals surface area contributed by atoms with Crippen LogP contribution in [-0.2, 0) is 14.3 Å². The lowest BCUT2D eigenvalue weighted by atomic mass is 9.85. The summed E-state index contributed by atoms with van der Waals surface area (Å²) < 4.78 is 10.9. The fourth-order valence-electron chi connectivity index (χ4n) is 3.63. The molecular weight excluding hydrogens is 326 g/mol. The maximum atomic E-state index is 12.4. The van der Waals surface area contributed by atoms with E-state index in [0.29, 0.717) is 5.75 Å². The molecule has 0 aromatic heterocycles. The molecule has 0 bridgehead atoms. The number of ether oxygens (including phenoxy) is 2. The molecule has 25 heavy (non-hydrogen) atoms. The molecule has 2 aliphatic rings. The number of aromatic carboxylic acids is 1. The van der Waals surface area contributed by atoms with E-state index < -0.39 is 17.5 Å². The third-order valence-electron chi connectivity index (χ3n) is 4.84. The summed E-state index contributed by atoms with van der Waals surface area (Å²) in [6.45, 7) is 0.486. The summed E-state index contributed by atoms with van der Waals surface area (Å²) in [5.41, 5.74) is -0.469. The van der Waals surface area contributed by atoms with Gasteiger partial charge in [0.15, 0.2) is 0 Å². The van der Waals surface area contributed by atoms with Crippen LogP contribution < -0.4 is 10.1 Å². The molecule has 7 heteroatoms. The molecule has 1 aliphatic carbocycles. The van der Waals surface area contributed by atoms with Gasteiger partial charge in [-0.3, -0.25) is 9.59 Å². The number of carboxylic acid groups (broad SMARTS) is 1. The van der Waals surface area contributed by atoms with Gasteiger partial charge in [-0.15, -0.1) is 0 Å². The maximum Gasteiger partial charge on any atom is 0.335 e. The van der Waals surface area contributed by atoms with Crippen LogP contribution in [0.1, 0.15) is 42.5 Å². The van der Waals surface area contributed by atoms with Crippen molar-refractivity contribution in [2.24, 2.45) is 5.92 Å². The van der Waals surface area contributed by atoms with Crippen LogP contribution in [0.3, 0.4) is 0 Å². The van der Waals surface area contributed by atoms with Crippen molar-refractivity contribution in [3.05, 3.63) is 29.8 Å². The highest BCUT2D eigenvalue weighted by Crippen LogP contribution is 2.45. The lowest BCUT2D eigenvalue weighted by molar-refractivity contribution is -0.149. The van der Waals surface area contributed by atoms with E-state index in [-0.39, 0.29) is 37.0 Å². The molecule has 3 rings (SSSR count). The van der Waals surface area contributed by atoms with Gasteiger partial charge < -0.3 is 19.9 Å². The number of hydrogen-bond donors (Lipinski definition) is 2. The number of carbonyl (C=O) groups excluding carboxylic acids is 2. The number of rotatable bonds is 6. The maximum absolute atomic E-state index is 12.4. The third kappa shape index (κ3) is 3.75. The van der Waals surface area contributed by atoms with Crippen LogP contribution in [0.4, 0.5) is 0 Å². The van der Waals surface area contributed by atoms with E-state index in [4.69, 9.17) is 14.6 Å². The molecule has 1 aromatic carbocycles. The standard InChI is InChI=1S/C18H21NO6/c20-15-11-14(18(25-15)6-1-2-7-18)16(21)19-8-9-24-13-5-3-4-12(10-13)17(22)23/h3-5,10,14H,1-2,6-9,11H2,(H,19,21)(H,22,23)/t14-/m1/s1. The van der Waals surface area contributed by atoms with Crippen molar-refractivity contribution in [2.75, 3.05) is 13.2 Å². The molecule has 1 aliphatic heterocycles. The van der Waals surface area contributed by atoms with Crippen molar-refractivity contribution in [1.82, 2.24) is 5.32 Å². The van der Waals surface area contributed by atoms with E-state index in [9.17, 15) is 14.4 Å². The van der Waals surface area contributed by atoms with Gasteiger partial charge in [-0.2, -0.15) is 0 Å². The van der Waals surface area contributed by atoms with Gasteiger partial charge in [0.1, 0.15) is 18.0 Å². The first-order valence-electron chi connectivity index (χ1n) is 8.46. The normalized spacial score (nSPS) is 21.1. The van der Waals surface area contributed by atoms with Crippen molar-refractivity contribution in [2.45, 2.75) is 37.7 Å². The van der Waals surface area contributed by atoms with Gasteiger partial charge in [-0.25, -0.2) is 4.79 Å². The van der Waals surface area contributed by atoms with E-state index in [1.165, 1.54) is 12.1 Å². The van der Waals surface area contributed by atoms with Gasteiger partial charge in [0.2, 0.25) is 5.91 Å². The van der Waals surface area contributed by atoms with Crippen LogP contribution in [0.2, 0.25) is 0 Å². The molecule has 1 heterocycles. The van der Waals surface area contributed by atoms with E-state index >= 15 is 0 Å². The first kappa shape index (κ1) is 17.3. The van der Waals surface area contributed by atoms with Crippen molar-refractivity contribution in [3.8, 4) is 5.75 Å². The second kappa shape index (κ2) is 7.13. The first-order chi connectivity index (χ1) is 12.0. The van der Waals surface area contributed by atoms with Crippen molar-refractivity contribution in [3.63, 3.8) is 0 Å². The van der Waals surface area contributed by atoms with Gasteiger partial charge in [-0.05, 0) is 43.9 Å². The SMILES string of the molecule is O=C1C[C@H](C(=O)NCCOc2cccc(C(=O)O)c2)C2(CCCC2)O1. The van der Waals surface area contributed by atoms with Crippen LogP contribution >= 0.6 is 0 Å². The van der Waals surface area contributed by atoms with Crippen molar-refractivity contribution in [1.29, 1.82) is 0 Å². The average Bonchev–Trinajstić information content (AvgIpc) is 3.18. The Bertz CT molecular complexity index is 680. The highest BCUT2D eigenvalue weighted by atomic mass is 16.6. The molecule has 1 atom stereocenters. The van der Waals surface area contributed by atoms with Crippen LogP contribution in [0.15, 0.2) is 24.3 Å². The van der Waals surface area contributed by atoms with E-state index in [2.05, 4.69) is 5.32 Å². The highest BCUT2D eigenvalue weighted by Gasteiger charge is 2.53. The third-order valence-corrected chi connectivity index (χ3v) is 4.84. The number of nitrogens with one attached hydrogen (secondary N) is 1. The Balaban J connectivity index is 1.49. The van der Waals surface area contributed by atoms with Crippen molar-refractivity contribution >= 4 is 17.8 Å². The monoisotopic (exact) mass is 347 g/mol. The fourth-order valence-corrected chi connectivity index (χ4v) is 3.63. The Hall–Kier alpha value is -2.57. The minimum atomic E-state index is -1.02. The topological polar surface area (TPSA) is 102 Å². The van der Waals surface area contributed by atoms with Gasteiger partial charge in [0, 0.05) is 0 Å². The van der Waals surface area contributed by atoms with E-state index in [0.717, 1.165) is 25.7 Å². The number of benzene rings is 1. The molecule has 1 amide bonds. The summed E-state index contributed by atoms with van der Waals surface area (Å²) >= 11 is 0. The Kier molecular flexibility index (Phi) is 4.92. The summed E-state index contributed by atoms with van der Waals surface area (Å²) in [5, 5.41) is 11.7. The number of esters is 1. The second-order valence-corrected chi connectivity index (χ2v) is 6.48. The zero-order valence-electron chi connectivity index (χ0n) is 13.8. The average molecular weight is 347 g/mol. The quantitative estimate of drug-likeness (QED) is 0.600. The molecule has 1 saturated carbocycles. The first-order valence-corrected chi connectivity index (χ1v) is 8.46. The number of carbonyl (C=O) groups is 3. The molecular formula is C18H21NO6. The Labute approximate surface area is 145 Å². The van der Waals surface area contributed by atoms with Crippen LogP contribution in [0, 0.1) is 5.92 Å². The summed E-state index contributed by atoms with van der Waals surface area (Å²) in [7, 11) is 0. The largest absolute Gasteiger partial charge is 0.492 e. The van der Waals surface area contributed by atoms with Gasteiger partial charge in [0.05, 0.1) is 24.4 Å². The number of carboxylic acids is 1. The smallest absolute Gasteiger partial charge is 0.335 e. The minimum Gasteiger partial charge on any atom is -0.492 e. The second-order valence-electron chi connectivity index (χ2n) is 6.48. The van der Waals surface area contributed by atoms with E-state index in [1.54, 1.807) is 12.1 Å².